The molecule has 0 spiro atoms. The van der Waals surface area contributed by atoms with Crippen molar-refractivity contribution >= 4 is 51.9 Å². The summed E-state index contributed by atoms with van der Waals surface area (Å²) in [7, 11) is 0. The first-order chi connectivity index (χ1) is 22.8. The molecule has 15 heteroatoms. The van der Waals surface area contributed by atoms with Gasteiger partial charge in [0.2, 0.25) is 11.0 Å². The Morgan fingerprint density at radius 3 is 2.56 bits per heavy atom. The molecule has 6 rings (SSSR count). The van der Waals surface area contributed by atoms with Crippen LogP contribution in [0.5, 0.6) is 5.75 Å². The molecule has 10 nitrogen and oxygen atoms in total. The van der Waals surface area contributed by atoms with Gasteiger partial charge in [-0.3, -0.25) is 15.0 Å². The van der Waals surface area contributed by atoms with E-state index < -0.39 is 12.4 Å². The molecule has 1 aliphatic carbocycles. The van der Waals surface area contributed by atoms with Crippen LogP contribution in [-0.4, -0.2) is 55.1 Å². The number of nitrogens with one attached hydrogen (secondary N) is 2. The van der Waals surface area contributed by atoms with Crippen molar-refractivity contribution in [3.05, 3.63) is 89.2 Å². The predicted molar refractivity (Wildman–Crippen MR) is 182 cm³/mol. The number of ether oxygens (including phenoxy) is 1. The number of carbonyl (C=O) groups excluding carboxylic acids is 2. The standard InChI is InChI=1S/C33H30F3N7O3S2/c1-18(2)26-11-4-19(3)12-27(26)43-28(44)16-48-32(43)40-31(47)39-30(45)38-23-14-20-5-6-21(13-22(20)15-23)29-37-17-42(41-29)24-7-9-25(10-8-24)46-33(34,35)36/h4-13,17-18,23H,14-16H2,1-3H3,(H2,38,39,45,47)/b40-32-. The normalized spacial score (nSPS) is 16.8. The van der Waals surface area contributed by atoms with E-state index in [1.165, 1.54) is 47.0 Å². The first-order valence-electron chi connectivity index (χ1n) is 15.0. The molecule has 3 amide bonds. The Kier molecular flexibility index (Phi) is 9.25. The summed E-state index contributed by atoms with van der Waals surface area (Å²) in [6.07, 6.45) is -2.10. The van der Waals surface area contributed by atoms with Gasteiger partial charge in [-0.05, 0) is 96.6 Å². The Balaban J connectivity index is 1.07. The zero-order valence-corrected chi connectivity index (χ0v) is 27.7. The quantitative estimate of drug-likeness (QED) is 0.223. The second-order valence-electron chi connectivity index (χ2n) is 11.7. The lowest BCUT2D eigenvalue weighted by Gasteiger charge is -2.22. The summed E-state index contributed by atoms with van der Waals surface area (Å²) in [5, 5.41) is 10.4. The van der Waals surface area contributed by atoms with Crippen molar-refractivity contribution in [1.29, 1.82) is 0 Å². The molecule has 2 aliphatic rings. The zero-order valence-electron chi connectivity index (χ0n) is 26.0. The minimum absolute atomic E-state index is 0.0459. The summed E-state index contributed by atoms with van der Waals surface area (Å²) in [5.74, 6) is 0.428. The number of nitrogens with zero attached hydrogens (tertiary/aromatic N) is 5. The maximum absolute atomic E-state index is 12.9. The molecule has 3 aromatic carbocycles. The number of anilines is 1. The van der Waals surface area contributed by atoms with Crippen LogP contribution in [0.25, 0.3) is 17.1 Å². The largest absolute Gasteiger partial charge is 0.573 e. The van der Waals surface area contributed by atoms with E-state index in [0.717, 1.165) is 33.5 Å². The number of hydrogen-bond acceptors (Lipinski definition) is 7. The van der Waals surface area contributed by atoms with Crippen LogP contribution in [0.15, 0.2) is 72.0 Å². The van der Waals surface area contributed by atoms with Crippen molar-refractivity contribution in [2.45, 2.75) is 51.9 Å². The topological polar surface area (TPSA) is 114 Å². The number of carbonyl (C=O) groups is 2. The number of amides is 3. The third kappa shape index (κ3) is 7.52. The molecule has 4 aromatic rings. The van der Waals surface area contributed by atoms with Crippen molar-refractivity contribution in [3.63, 3.8) is 0 Å². The highest BCUT2D eigenvalue weighted by atomic mass is 32.2. The fraction of sp³-hybridized carbons (Fsp3) is 0.273. The summed E-state index contributed by atoms with van der Waals surface area (Å²) in [6, 6.07) is 16.4. The van der Waals surface area contributed by atoms with E-state index in [-0.39, 0.29) is 34.5 Å². The van der Waals surface area contributed by atoms with E-state index in [4.69, 9.17) is 12.2 Å². The van der Waals surface area contributed by atoms with Gasteiger partial charge in [0.15, 0.2) is 11.0 Å². The van der Waals surface area contributed by atoms with E-state index in [1.807, 2.05) is 43.3 Å². The van der Waals surface area contributed by atoms with Gasteiger partial charge in [-0.15, -0.1) is 18.3 Å². The van der Waals surface area contributed by atoms with E-state index >= 15 is 0 Å². The van der Waals surface area contributed by atoms with Crippen LogP contribution in [0, 0.1) is 6.92 Å². The molecule has 0 radical (unpaired) electrons. The van der Waals surface area contributed by atoms with Crippen LogP contribution in [0.3, 0.4) is 0 Å². The van der Waals surface area contributed by atoms with E-state index in [0.29, 0.717) is 29.5 Å². The molecule has 1 atom stereocenters. The number of aryl methyl sites for hydroxylation is 1. The van der Waals surface area contributed by atoms with Crippen molar-refractivity contribution in [1.82, 2.24) is 25.4 Å². The zero-order chi connectivity index (χ0) is 34.2. The van der Waals surface area contributed by atoms with Gasteiger partial charge >= 0.3 is 12.4 Å². The third-order valence-corrected chi connectivity index (χ3v) is 8.91. The molecular formula is C33H30F3N7O3S2. The fourth-order valence-electron chi connectivity index (χ4n) is 5.63. The molecule has 1 saturated heterocycles. The fourth-order valence-corrected chi connectivity index (χ4v) is 6.73. The first kappa shape index (κ1) is 33.2. The Hall–Kier alpha value is -4.76. The van der Waals surface area contributed by atoms with Crippen LogP contribution in [0.4, 0.5) is 23.7 Å². The Morgan fingerprint density at radius 2 is 1.83 bits per heavy atom. The number of hydrogen-bond donors (Lipinski definition) is 2. The Bertz CT molecular complexity index is 1930. The number of fused-ring (bicyclic) bond motifs is 1. The highest BCUT2D eigenvalue weighted by Gasteiger charge is 2.33. The Morgan fingerprint density at radius 1 is 1.08 bits per heavy atom. The molecule has 1 unspecified atom stereocenters. The van der Waals surface area contributed by atoms with Crippen molar-refractivity contribution < 1.29 is 27.5 Å². The second-order valence-corrected chi connectivity index (χ2v) is 13.0. The highest BCUT2D eigenvalue weighted by Crippen LogP contribution is 2.34. The lowest BCUT2D eigenvalue weighted by atomic mass is 9.99. The molecule has 2 heterocycles. The number of alkyl halides is 3. The smallest absolute Gasteiger partial charge is 0.406 e. The number of aliphatic imine (C=N–C) groups is 1. The summed E-state index contributed by atoms with van der Waals surface area (Å²) in [6.45, 7) is 6.09. The number of urea groups is 1. The minimum atomic E-state index is -4.77. The van der Waals surface area contributed by atoms with Gasteiger partial charge in [-0.1, -0.05) is 49.9 Å². The summed E-state index contributed by atoms with van der Waals surface area (Å²) < 4.78 is 42.8. The molecule has 1 aliphatic heterocycles. The molecule has 1 fully saturated rings. The Labute approximate surface area is 283 Å². The van der Waals surface area contributed by atoms with Crippen molar-refractivity contribution in [3.8, 4) is 22.8 Å². The van der Waals surface area contributed by atoms with Crippen LogP contribution < -0.4 is 20.3 Å². The monoisotopic (exact) mass is 693 g/mol. The van der Waals surface area contributed by atoms with Crippen LogP contribution in [0.1, 0.15) is 42.0 Å². The first-order valence-corrected chi connectivity index (χ1v) is 16.4. The van der Waals surface area contributed by atoms with E-state index in [2.05, 4.69) is 44.3 Å². The van der Waals surface area contributed by atoms with Crippen LogP contribution in [-0.2, 0) is 17.6 Å². The second kappa shape index (κ2) is 13.4. The number of rotatable bonds is 6. The van der Waals surface area contributed by atoms with Gasteiger partial charge < -0.3 is 10.1 Å². The van der Waals surface area contributed by atoms with Gasteiger partial charge in [0.25, 0.3) is 0 Å². The van der Waals surface area contributed by atoms with Crippen LogP contribution >= 0.6 is 24.0 Å². The highest BCUT2D eigenvalue weighted by molar-refractivity contribution is 8.15. The lowest BCUT2D eigenvalue weighted by Crippen LogP contribution is -2.44. The summed E-state index contributed by atoms with van der Waals surface area (Å²) in [4.78, 5) is 36.2. The lowest BCUT2D eigenvalue weighted by molar-refractivity contribution is -0.274. The average Bonchev–Trinajstić information content (AvgIpc) is 3.74. The van der Waals surface area contributed by atoms with Crippen molar-refractivity contribution in [2.24, 2.45) is 4.99 Å². The van der Waals surface area contributed by atoms with Gasteiger partial charge in [-0.25, -0.2) is 14.5 Å². The maximum Gasteiger partial charge on any atom is 0.573 e. The average molecular weight is 694 g/mol. The van der Waals surface area contributed by atoms with E-state index in [1.54, 1.807) is 4.90 Å². The van der Waals surface area contributed by atoms with Crippen LogP contribution in [0.2, 0.25) is 0 Å². The number of aromatic nitrogens is 3. The van der Waals surface area contributed by atoms with Gasteiger partial charge in [0, 0.05) is 11.6 Å². The number of amidine groups is 1. The number of thioether (sulfide) groups is 1. The maximum atomic E-state index is 12.9. The number of halogens is 3. The molecule has 0 bridgehead atoms. The van der Waals surface area contributed by atoms with Gasteiger partial charge in [-0.2, -0.15) is 4.99 Å². The molecule has 48 heavy (non-hydrogen) atoms. The van der Waals surface area contributed by atoms with Gasteiger partial charge in [0.1, 0.15) is 12.1 Å². The van der Waals surface area contributed by atoms with E-state index in [9.17, 15) is 22.8 Å². The molecule has 2 N–H and O–H groups in total. The summed E-state index contributed by atoms with van der Waals surface area (Å²) >= 11 is 6.66. The third-order valence-electron chi connectivity index (χ3n) is 7.79. The molecule has 1 aromatic heterocycles. The molecular weight excluding hydrogens is 664 g/mol. The summed E-state index contributed by atoms with van der Waals surface area (Å²) in [5.41, 5.74) is 6.18. The predicted octanol–water partition coefficient (Wildman–Crippen LogP) is 6.45. The molecule has 248 valence electrons. The minimum Gasteiger partial charge on any atom is -0.406 e. The SMILES string of the molecule is Cc1ccc(C(C)C)c(N2C(=O)CS/C2=N\C(=S)NC(=O)NC2Cc3ccc(-c4ncn(-c5ccc(OC(F)(F)F)cc5)n4)cc3C2)c1. The number of thiocarbonyl (C=S) groups is 1. The molecule has 0 saturated carbocycles. The number of benzene rings is 3. The van der Waals surface area contributed by atoms with Crippen molar-refractivity contribution in [2.75, 3.05) is 10.7 Å². The van der Waals surface area contributed by atoms with Gasteiger partial charge in [0.05, 0.1) is 17.1 Å².